The molecule has 7 rings (SSSR count). The van der Waals surface area contributed by atoms with Gasteiger partial charge >= 0.3 is 0 Å². The van der Waals surface area contributed by atoms with Crippen LogP contribution >= 0.6 is 0 Å². The molecule has 240 valence electrons. The van der Waals surface area contributed by atoms with Crippen LogP contribution in [0, 0.1) is 5.82 Å². The zero-order valence-corrected chi connectivity index (χ0v) is 25.3. The number of aromatic nitrogens is 3. The molecule has 1 amide bonds. The van der Waals surface area contributed by atoms with Crippen LogP contribution in [-0.4, -0.2) is 73.8 Å². The molecule has 46 heavy (non-hydrogen) atoms. The Labute approximate surface area is 262 Å². The largest absolute Gasteiger partial charge is 0.489 e. The number of hydrogen-bond acceptors (Lipinski definition) is 10. The van der Waals surface area contributed by atoms with E-state index in [1.807, 2.05) is 28.0 Å². The maximum absolute atomic E-state index is 14.7. The van der Waals surface area contributed by atoms with Gasteiger partial charge in [0.2, 0.25) is 15.3 Å². The van der Waals surface area contributed by atoms with E-state index < -0.39 is 50.3 Å². The van der Waals surface area contributed by atoms with Crippen molar-refractivity contribution < 1.29 is 35.9 Å². The number of nitrogens with zero attached hydrogens (tertiary/aromatic N) is 5. The van der Waals surface area contributed by atoms with Crippen molar-refractivity contribution in [2.75, 3.05) is 42.6 Å². The van der Waals surface area contributed by atoms with Crippen LogP contribution in [-0.2, 0) is 16.4 Å². The normalized spacial score (nSPS) is 20.6. The molecule has 2 atom stereocenters. The van der Waals surface area contributed by atoms with Gasteiger partial charge in [-0.3, -0.25) is 9.78 Å². The molecule has 0 bridgehead atoms. The molecule has 15 heteroatoms. The van der Waals surface area contributed by atoms with Crippen molar-refractivity contribution in [1.82, 2.24) is 20.3 Å². The number of anilines is 3. The molecular formula is C31H29F3N6O5S. The van der Waals surface area contributed by atoms with E-state index in [9.17, 15) is 26.4 Å². The van der Waals surface area contributed by atoms with E-state index in [0.717, 1.165) is 36.2 Å². The Bertz CT molecular complexity index is 1950. The fourth-order valence-corrected chi connectivity index (χ4v) is 7.20. The molecule has 0 saturated carbocycles. The number of hydrogen-bond donors (Lipinski definition) is 1. The van der Waals surface area contributed by atoms with Crippen LogP contribution in [0.15, 0.2) is 53.7 Å². The fraction of sp³-hybridized carbons (Fsp3) is 0.355. The number of halogens is 3. The van der Waals surface area contributed by atoms with Gasteiger partial charge in [-0.05, 0) is 43.2 Å². The van der Waals surface area contributed by atoms with Crippen molar-refractivity contribution in [3.05, 3.63) is 65.9 Å². The second-order valence-corrected chi connectivity index (χ2v) is 13.3. The second kappa shape index (κ2) is 11.9. The highest BCUT2D eigenvalue weighted by molar-refractivity contribution is 7.92. The lowest BCUT2D eigenvalue weighted by Crippen LogP contribution is -2.36. The van der Waals surface area contributed by atoms with E-state index in [2.05, 4.69) is 15.3 Å². The molecule has 3 aromatic heterocycles. The maximum atomic E-state index is 14.7. The van der Waals surface area contributed by atoms with Gasteiger partial charge in [-0.2, -0.15) is 0 Å². The smallest absolute Gasteiger partial charge is 0.251 e. The van der Waals surface area contributed by atoms with Gasteiger partial charge in [-0.1, -0.05) is 0 Å². The minimum absolute atomic E-state index is 0.0741. The standard InChI is InChI=1S/C31H29F3N6O5S/c32-20-2-1-6-39(17-20)22-13-25-30(36-16-22)40(7-9-44-25)28-4-3-18-14-35-21(12-24(18)38-28)15-37-31(41)19-10-23(33)29-26(11-19)46(42,43)27(34)5-8-45-29/h3-4,10-14,16,20,27H,1-2,5-9,15,17H2,(H,37,41)/t20-,27-/m1/s1. The topological polar surface area (TPSA) is 127 Å². The molecule has 1 saturated heterocycles. The lowest BCUT2D eigenvalue weighted by molar-refractivity contribution is 0.0949. The van der Waals surface area contributed by atoms with Crippen LogP contribution in [0.25, 0.3) is 10.9 Å². The lowest BCUT2D eigenvalue weighted by atomic mass is 10.1. The highest BCUT2D eigenvalue weighted by Gasteiger charge is 2.35. The second-order valence-electron chi connectivity index (χ2n) is 11.3. The van der Waals surface area contributed by atoms with Gasteiger partial charge in [0, 0.05) is 42.7 Å². The lowest BCUT2D eigenvalue weighted by Gasteiger charge is -2.33. The Kier molecular flexibility index (Phi) is 7.79. The molecule has 0 spiro atoms. The maximum Gasteiger partial charge on any atom is 0.251 e. The summed E-state index contributed by atoms with van der Waals surface area (Å²) in [7, 11) is -4.53. The minimum Gasteiger partial charge on any atom is -0.489 e. The third-order valence-electron chi connectivity index (χ3n) is 8.20. The van der Waals surface area contributed by atoms with Crippen LogP contribution in [0.1, 0.15) is 35.3 Å². The van der Waals surface area contributed by atoms with Gasteiger partial charge in [0.1, 0.15) is 23.5 Å². The predicted octanol–water partition coefficient (Wildman–Crippen LogP) is 4.41. The third-order valence-corrected chi connectivity index (χ3v) is 10.0. The summed E-state index contributed by atoms with van der Waals surface area (Å²) in [4.78, 5) is 30.0. The van der Waals surface area contributed by atoms with Crippen LogP contribution in [0.2, 0.25) is 0 Å². The number of sulfone groups is 1. The minimum atomic E-state index is -4.53. The number of piperidine rings is 1. The molecule has 3 aliphatic heterocycles. The van der Waals surface area contributed by atoms with Gasteiger partial charge in [0.15, 0.2) is 23.1 Å². The van der Waals surface area contributed by atoms with Crippen LogP contribution in [0.4, 0.5) is 30.5 Å². The van der Waals surface area contributed by atoms with E-state index in [1.165, 1.54) is 0 Å². The Balaban J connectivity index is 1.10. The Morgan fingerprint density at radius 1 is 1.02 bits per heavy atom. The van der Waals surface area contributed by atoms with E-state index in [4.69, 9.17) is 14.5 Å². The fourth-order valence-electron chi connectivity index (χ4n) is 5.81. The summed E-state index contributed by atoms with van der Waals surface area (Å²) in [6.07, 6.45) is 3.35. The number of fused-ring (bicyclic) bond motifs is 3. The van der Waals surface area contributed by atoms with E-state index >= 15 is 0 Å². The first-order valence-corrected chi connectivity index (χ1v) is 16.4. The van der Waals surface area contributed by atoms with E-state index in [0.29, 0.717) is 54.7 Å². The number of amides is 1. The first kappa shape index (κ1) is 30.0. The number of alkyl halides is 2. The molecule has 1 fully saturated rings. The molecule has 1 aromatic carbocycles. The molecule has 4 aromatic rings. The number of ether oxygens (including phenoxy) is 2. The van der Waals surface area contributed by atoms with Gasteiger partial charge < -0.3 is 24.6 Å². The number of benzene rings is 1. The summed E-state index contributed by atoms with van der Waals surface area (Å²) in [6, 6.07) is 9.07. The summed E-state index contributed by atoms with van der Waals surface area (Å²) >= 11 is 0. The first-order chi connectivity index (χ1) is 22.2. The van der Waals surface area contributed by atoms with Crippen molar-refractivity contribution in [1.29, 1.82) is 0 Å². The molecule has 3 aliphatic rings. The van der Waals surface area contributed by atoms with Crippen LogP contribution < -0.4 is 24.6 Å². The van der Waals surface area contributed by atoms with E-state index in [1.54, 1.807) is 18.5 Å². The Hall–Kier alpha value is -4.66. The average molecular weight is 655 g/mol. The molecule has 0 unspecified atom stereocenters. The predicted molar refractivity (Wildman–Crippen MR) is 162 cm³/mol. The van der Waals surface area contributed by atoms with Crippen molar-refractivity contribution in [3.63, 3.8) is 0 Å². The number of nitrogens with one attached hydrogen (secondary N) is 1. The van der Waals surface area contributed by atoms with Gasteiger partial charge in [-0.25, -0.2) is 31.6 Å². The Morgan fingerprint density at radius 2 is 1.89 bits per heavy atom. The van der Waals surface area contributed by atoms with Crippen molar-refractivity contribution in [3.8, 4) is 11.5 Å². The van der Waals surface area contributed by atoms with Crippen LogP contribution in [0.3, 0.4) is 0 Å². The monoisotopic (exact) mass is 654 g/mol. The van der Waals surface area contributed by atoms with Crippen LogP contribution in [0.5, 0.6) is 11.5 Å². The summed E-state index contributed by atoms with van der Waals surface area (Å²) in [5, 5.41) is 3.35. The summed E-state index contributed by atoms with van der Waals surface area (Å²) in [5.74, 6) is -0.643. The third kappa shape index (κ3) is 5.63. The van der Waals surface area contributed by atoms with Crippen molar-refractivity contribution in [2.24, 2.45) is 0 Å². The molecule has 1 N–H and O–H groups in total. The number of pyridine rings is 3. The molecular weight excluding hydrogens is 625 g/mol. The summed E-state index contributed by atoms with van der Waals surface area (Å²) < 4.78 is 79.1. The first-order valence-electron chi connectivity index (χ1n) is 14.8. The summed E-state index contributed by atoms with van der Waals surface area (Å²) in [6.45, 7) is 1.61. The van der Waals surface area contributed by atoms with Gasteiger partial charge in [-0.15, -0.1) is 0 Å². The zero-order valence-electron chi connectivity index (χ0n) is 24.5. The SMILES string of the molecule is O=C(NCc1cc2nc(N3CCOc4cc(N5CCC[C@@H](F)C5)cnc43)ccc2cn1)c1cc(F)c2c(c1)S(=O)(=O)[C@@H](F)CCO2. The molecule has 6 heterocycles. The van der Waals surface area contributed by atoms with Crippen molar-refractivity contribution in [2.45, 2.75) is 42.4 Å². The molecule has 0 radical (unpaired) electrons. The zero-order chi connectivity index (χ0) is 32.0. The molecule has 0 aliphatic carbocycles. The quantitative estimate of drug-likeness (QED) is 0.331. The highest BCUT2D eigenvalue weighted by Crippen LogP contribution is 2.38. The van der Waals surface area contributed by atoms with E-state index in [-0.39, 0.29) is 18.7 Å². The number of carbonyl (C=O) groups is 1. The number of carbonyl (C=O) groups excluding carboxylic acids is 1. The highest BCUT2D eigenvalue weighted by atomic mass is 32.2. The number of rotatable bonds is 5. The summed E-state index contributed by atoms with van der Waals surface area (Å²) in [5.41, 5.74) is -0.724. The van der Waals surface area contributed by atoms with Gasteiger partial charge in [0.05, 0.1) is 42.8 Å². The van der Waals surface area contributed by atoms with Crippen molar-refractivity contribution >= 4 is 44.0 Å². The Morgan fingerprint density at radius 3 is 2.74 bits per heavy atom. The molecule has 11 nitrogen and oxygen atoms in total. The van der Waals surface area contributed by atoms with Gasteiger partial charge in [0.25, 0.3) is 5.91 Å². The average Bonchev–Trinajstić information content (AvgIpc) is 3.17.